The van der Waals surface area contributed by atoms with Crippen molar-refractivity contribution in [1.82, 2.24) is 19.5 Å². The van der Waals surface area contributed by atoms with Gasteiger partial charge in [-0.05, 0) is 41.3 Å². The van der Waals surface area contributed by atoms with Crippen LogP contribution in [0.1, 0.15) is 35.2 Å². The van der Waals surface area contributed by atoms with Crippen LogP contribution >= 0.6 is 15.9 Å². The van der Waals surface area contributed by atoms with Gasteiger partial charge in [-0.2, -0.15) is 0 Å². The maximum Gasteiger partial charge on any atom is 0.196 e. The van der Waals surface area contributed by atoms with Crippen LogP contribution in [0.5, 0.6) is 0 Å². The van der Waals surface area contributed by atoms with Gasteiger partial charge in [-0.25, -0.2) is 9.97 Å². The molecule has 0 aliphatic carbocycles. The van der Waals surface area contributed by atoms with Crippen molar-refractivity contribution in [1.29, 1.82) is 0 Å². The van der Waals surface area contributed by atoms with Crippen LogP contribution in [0, 0.1) is 0 Å². The fourth-order valence-electron chi connectivity index (χ4n) is 3.20. The molecule has 1 unspecified atom stereocenters. The molecule has 4 heterocycles. The van der Waals surface area contributed by atoms with E-state index >= 15 is 0 Å². The van der Waals surface area contributed by atoms with E-state index in [1.54, 1.807) is 24.7 Å². The lowest BCUT2D eigenvalue weighted by atomic mass is 10.1. The SMILES string of the molecule is O=C(c1cncc(Br)c1)c1cn(CCOC2CCCCO2)c2ncncc12. The molecule has 7 nitrogen and oxygen atoms in total. The zero-order chi connectivity index (χ0) is 18.6. The lowest BCUT2D eigenvalue weighted by Gasteiger charge is -2.22. The lowest BCUT2D eigenvalue weighted by Crippen LogP contribution is -2.23. The van der Waals surface area contributed by atoms with E-state index in [1.165, 1.54) is 6.33 Å². The second kappa shape index (κ2) is 8.24. The summed E-state index contributed by atoms with van der Waals surface area (Å²) in [6, 6.07) is 1.76. The smallest absolute Gasteiger partial charge is 0.196 e. The van der Waals surface area contributed by atoms with Gasteiger partial charge in [0.2, 0.25) is 0 Å². The highest BCUT2D eigenvalue weighted by atomic mass is 79.9. The van der Waals surface area contributed by atoms with Gasteiger partial charge in [-0.3, -0.25) is 9.78 Å². The molecule has 0 aromatic carbocycles. The Kier molecular flexibility index (Phi) is 5.56. The number of ether oxygens (including phenoxy) is 2. The average Bonchev–Trinajstić information content (AvgIpc) is 3.07. The third-order valence-electron chi connectivity index (χ3n) is 4.52. The summed E-state index contributed by atoms with van der Waals surface area (Å²) in [6.45, 7) is 1.82. The zero-order valence-electron chi connectivity index (χ0n) is 14.7. The first-order valence-electron chi connectivity index (χ1n) is 8.89. The highest BCUT2D eigenvalue weighted by molar-refractivity contribution is 9.10. The first-order chi connectivity index (χ1) is 13.2. The molecule has 140 valence electrons. The summed E-state index contributed by atoms with van der Waals surface area (Å²) in [7, 11) is 0. The van der Waals surface area contributed by atoms with Crippen LogP contribution in [0.3, 0.4) is 0 Å². The minimum atomic E-state index is -0.135. The Morgan fingerprint density at radius 2 is 2.22 bits per heavy atom. The van der Waals surface area contributed by atoms with E-state index in [-0.39, 0.29) is 12.1 Å². The molecule has 1 atom stereocenters. The summed E-state index contributed by atoms with van der Waals surface area (Å²) in [5.74, 6) is -0.112. The Morgan fingerprint density at radius 1 is 1.30 bits per heavy atom. The lowest BCUT2D eigenvalue weighted by molar-refractivity contribution is -0.163. The van der Waals surface area contributed by atoms with Gasteiger partial charge in [-0.15, -0.1) is 0 Å². The minimum Gasteiger partial charge on any atom is -0.353 e. The molecule has 0 saturated carbocycles. The molecule has 3 aromatic heterocycles. The zero-order valence-corrected chi connectivity index (χ0v) is 16.3. The summed E-state index contributed by atoms with van der Waals surface area (Å²) in [5, 5.41) is 0.719. The predicted octanol–water partition coefficient (Wildman–Crippen LogP) is 3.36. The molecule has 1 fully saturated rings. The molecule has 0 spiro atoms. The molecule has 1 aliphatic heterocycles. The molecule has 0 radical (unpaired) electrons. The Labute approximate surface area is 164 Å². The van der Waals surface area contributed by atoms with E-state index in [0.29, 0.717) is 29.9 Å². The first kappa shape index (κ1) is 18.2. The average molecular weight is 431 g/mol. The van der Waals surface area contributed by atoms with E-state index in [9.17, 15) is 4.79 Å². The van der Waals surface area contributed by atoms with Crippen molar-refractivity contribution >= 4 is 32.7 Å². The second-order valence-electron chi connectivity index (χ2n) is 6.38. The predicted molar refractivity (Wildman–Crippen MR) is 102 cm³/mol. The summed E-state index contributed by atoms with van der Waals surface area (Å²) >= 11 is 3.36. The Bertz CT molecular complexity index is 953. The standard InChI is InChI=1S/C19H19BrN4O3/c20-14-7-13(8-21-9-14)18(25)16-11-24(19-15(16)10-22-12-23-19)4-6-27-17-3-1-2-5-26-17/h7-12,17H,1-6H2. The maximum absolute atomic E-state index is 13.0. The van der Waals surface area contributed by atoms with Crippen LogP contribution in [0.4, 0.5) is 0 Å². The van der Waals surface area contributed by atoms with Gasteiger partial charge < -0.3 is 14.0 Å². The fourth-order valence-corrected chi connectivity index (χ4v) is 3.56. The van der Waals surface area contributed by atoms with Crippen LogP contribution in [-0.4, -0.2) is 44.8 Å². The van der Waals surface area contributed by atoms with Gasteiger partial charge in [0.1, 0.15) is 12.0 Å². The van der Waals surface area contributed by atoms with Gasteiger partial charge in [0.05, 0.1) is 12.2 Å². The number of fused-ring (bicyclic) bond motifs is 1. The van der Waals surface area contributed by atoms with Gasteiger partial charge in [0, 0.05) is 53.4 Å². The minimum absolute atomic E-state index is 0.112. The molecule has 0 bridgehead atoms. The van der Waals surface area contributed by atoms with Crippen molar-refractivity contribution in [2.24, 2.45) is 0 Å². The van der Waals surface area contributed by atoms with Crippen molar-refractivity contribution < 1.29 is 14.3 Å². The van der Waals surface area contributed by atoms with Gasteiger partial charge in [-0.1, -0.05) is 0 Å². The summed E-state index contributed by atoms with van der Waals surface area (Å²) in [6.07, 6.45) is 11.2. The monoisotopic (exact) mass is 430 g/mol. The van der Waals surface area contributed by atoms with Crippen LogP contribution in [0.25, 0.3) is 11.0 Å². The van der Waals surface area contributed by atoms with E-state index in [2.05, 4.69) is 30.9 Å². The number of aromatic nitrogens is 4. The van der Waals surface area contributed by atoms with Crippen LogP contribution < -0.4 is 0 Å². The topological polar surface area (TPSA) is 79.1 Å². The molecular weight excluding hydrogens is 412 g/mol. The first-order valence-corrected chi connectivity index (χ1v) is 9.69. The molecule has 1 aliphatic rings. The normalized spacial score (nSPS) is 17.3. The number of carbonyl (C=O) groups excluding carboxylic acids is 1. The summed E-state index contributed by atoms with van der Waals surface area (Å²) in [4.78, 5) is 25.5. The number of halogens is 1. The Morgan fingerprint density at radius 3 is 3.04 bits per heavy atom. The quantitative estimate of drug-likeness (QED) is 0.557. The Hall–Kier alpha value is -2.16. The van der Waals surface area contributed by atoms with Crippen molar-refractivity contribution in [3.05, 3.63) is 52.8 Å². The van der Waals surface area contributed by atoms with Gasteiger partial charge >= 0.3 is 0 Å². The number of ketones is 1. The highest BCUT2D eigenvalue weighted by Crippen LogP contribution is 2.23. The van der Waals surface area contributed by atoms with Crippen LogP contribution in [0.15, 0.2) is 41.7 Å². The van der Waals surface area contributed by atoms with E-state index in [1.807, 2.05) is 10.8 Å². The van der Waals surface area contributed by atoms with Gasteiger partial charge in [0.15, 0.2) is 12.1 Å². The molecule has 3 aromatic rings. The number of rotatable bonds is 6. The summed E-state index contributed by atoms with van der Waals surface area (Å²) < 4.78 is 14.1. The highest BCUT2D eigenvalue weighted by Gasteiger charge is 2.19. The molecular formula is C19H19BrN4O3. The van der Waals surface area contributed by atoms with Crippen LogP contribution in [0.2, 0.25) is 0 Å². The van der Waals surface area contributed by atoms with Crippen molar-refractivity contribution in [2.45, 2.75) is 32.1 Å². The van der Waals surface area contributed by atoms with Crippen molar-refractivity contribution in [2.75, 3.05) is 13.2 Å². The molecule has 0 N–H and O–H groups in total. The molecule has 4 rings (SSSR count). The summed E-state index contributed by atoms with van der Waals surface area (Å²) in [5.41, 5.74) is 1.78. The Balaban J connectivity index is 1.56. The maximum atomic E-state index is 13.0. The van der Waals surface area contributed by atoms with Crippen LogP contribution in [-0.2, 0) is 16.0 Å². The fraction of sp³-hybridized carbons (Fsp3) is 0.368. The number of hydrogen-bond donors (Lipinski definition) is 0. The molecule has 1 saturated heterocycles. The van der Waals surface area contributed by atoms with Crippen molar-refractivity contribution in [3.8, 4) is 0 Å². The molecule has 27 heavy (non-hydrogen) atoms. The van der Waals surface area contributed by atoms with Crippen molar-refractivity contribution in [3.63, 3.8) is 0 Å². The third-order valence-corrected chi connectivity index (χ3v) is 4.96. The number of pyridine rings is 1. The van der Waals surface area contributed by atoms with E-state index in [4.69, 9.17) is 9.47 Å². The third kappa shape index (κ3) is 4.07. The molecule has 0 amide bonds. The second-order valence-corrected chi connectivity index (χ2v) is 7.30. The number of carbonyl (C=O) groups is 1. The number of hydrogen-bond acceptors (Lipinski definition) is 6. The number of nitrogens with zero attached hydrogens (tertiary/aromatic N) is 4. The molecule has 8 heteroatoms. The van der Waals surface area contributed by atoms with Gasteiger partial charge in [0.25, 0.3) is 0 Å². The largest absolute Gasteiger partial charge is 0.353 e. The van der Waals surface area contributed by atoms with E-state index < -0.39 is 0 Å². The van der Waals surface area contributed by atoms with E-state index in [0.717, 1.165) is 35.7 Å².